The van der Waals surface area contributed by atoms with Crippen molar-refractivity contribution in [3.05, 3.63) is 4.93 Å². The van der Waals surface area contributed by atoms with Crippen molar-refractivity contribution in [3.8, 4) is 0 Å². The first-order valence-electron chi connectivity index (χ1n) is 17.1. The van der Waals surface area contributed by atoms with Crippen LogP contribution in [0.1, 0.15) is 46.0 Å². The summed E-state index contributed by atoms with van der Waals surface area (Å²) in [7, 11) is 4.27. The molecule has 0 aromatic heterocycles. The van der Waals surface area contributed by atoms with Crippen molar-refractivity contribution in [1.82, 2.24) is 30.2 Å². The maximum Gasteiger partial charge on any atom is 0.135 e. The molecule has 6 heterocycles. The smallest absolute Gasteiger partial charge is 0.135 e. The number of carbonyl (C=O) groups excluding carboxylic acids is 1. The molecule has 0 amide bonds. The topological polar surface area (TPSA) is 81.8 Å². The molecule has 6 rings (SSSR count). The first kappa shape index (κ1) is 58.6. The molecule has 0 aromatic carbocycles. The van der Waals surface area contributed by atoms with Crippen molar-refractivity contribution in [1.29, 1.82) is 0 Å². The van der Waals surface area contributed by atoms with Crippen LogP contribution in [0.3, 0.4) is 0 Å². The number of piperidine rings is 3. The number of halogens is 6. The van der Waals surface area contributed by atoms with E-state index < -0.39 is 0 Å². The van der Waals surface area contributed by atoms with Crippen molar-refractivity contribution >= 4 is 141 Å². The number of nitrogens with zero attached hydrogens (tertiary/aromatic N) is 4. The Morgan fingerprint density at radius 1 is 0.640 bits per heavy atom. The SMILES string of the molecule is C.C1CC(N2CCOCC2)CCN1.C1COCCN1.CN1CCC(=O)CC1.CN1CCC(N2CCOCC2)CC1.IC(I)I.ICI.[CH2-]I.[V]. The van der Waals surface area contributed by atoms with Gasteiger partial charge in [0.25, 0.3) is 0 Å². The molecular formula is C33H67I6N6O4V-. The zero-order chi connectivity index (χ0) is 35.8. The Balaban J connectivity index is -0.000000553. The normalized spacial score (nSPS) is 22.5. The first-order valence-corrected chi connectivity index (χ1v) is 25.4. The molecule has 0 unspecified atom stereocenters. The fourth-order valence-corrected chi connectivity index (χ4v) is 5.80. The monoisotopic (exact) mass is 1420 g/mol. The number of carbonyl (C=O) groups is 1. The fraction of sp³-hybridized carbons (Fsp3) is 0.939. The molecule has 0 bridgehead atoms. The zero-order valence-corrected chi connectivity index (χ0v) is 44.1. The van der Waals surface area contributed by atoms with Gasteiger partial charge in [-0.15, -0.1) is 0 Å². The summed E-state index contributed by atoms with van der Waals surface area (Å²) in [5, 5.41) is 6.56. The summed E-state index contributed by atoms with van der Waals surface area (Å²) in [5.74, 6) is 0.420. The van der Waals surface area contributed by atoms with Gasteiger partial charge in [-0.2, -0.15) is 0 Å². The second-order valence-corrected chi connectivity index (χ2v) is 27.2. The van der Waals surface area contributed by atoms with Crippen molar-refractivity contribution in [2.75, 3.05) is 135 Å². The van der Waals surface area contributed by atoms with Crippen LogP contribution in [-0.2, 0) is 37.6 Å². The van der Waals surface area contributed by atoms with E-state index in [2.05, 4.69) is 155 Å². The number of rotatable bonds is 2. The molecule has 50 heavy (non-hydrogen) atoms. The molecule has 0 aliphatic carbocycles. The van der Waals surface area contributed by atoms with Gasteiger partial charge in [-0.05, 0) is 66.0 Å². The van der Waals surface area contributed by atoms with Crippen LogP contribution in [0.4, 0.5) is 0 Å². The Morgan fingerprint density at radius 2 is 0.960 bits per heavy atom. The van der Waals surface area contributed by atoms with E-state index in [0.29, 0.717) is 5.78 Å². The minimum atomic E-state index is 0. The second kappa shape index (κ2) is 42.9. The van der Waals surface area contributed by atoms with Gasteiger partial charge >= 0.3 is 0 Å². The molecule has 301 valence electrons. The predicted octanol–water partition coefficient (Wildman–Crippen LogP) is 6.61. The van der Waals surface area contributed by atoms with Gasteiger partial charge in [0.2, 0.25) is 0 Å². The van der Waals surface area contributed by atoms with Crippen LogP contribution in [0, 0.1) is 4.93 Å². The van der Waals surface area contributed by atoms with E-state index in [4.69, 9.17) is 14.2 Å². The van der Waals surface area contributed by atoms with Gasteiger partial charge in [-0.25, -0.2) is 0 Å². The molecule has 6 aliphatic heterocycles. The third kappa shape index (κ3) is 35.4. The van der Waals surface area contributed by atoms with Gasteiger partial charge in [0.1, 0.15) is 5.72 Å². The van der Waals surface area contributed by atoms with E-state index >= 15 is 0 Å². The van der Waals surface area contributed by atoms with Crippen LogP contribution >= 0.6 is 136 Å². The number of ether oxygens (including phenoxy) is 3. The van der Waals surface area contributed by atoms with E-state index in [0.717, 1.165) is 117 Å². The number of morpholine rings is 3. The number of hydrogen-bond acceptors (Lipinski definition) is 10. The molecule has 0 spiro atoms. The van der Waals surface area contributed by atoms with Gasteiger partial charge < -0.3 is 57.2 Å². The number of Topliss-reactive ketones (excluding diaryl/α,β-unsaturated/α-hetero) is 1. The average molecular weight is 1420 g/mol. The Hall–Kier alpha value is 4.27. The number of alkyl halides is 5. The first-order chi connectivity index (χ1) is 23.3. The Morgan fingerprint density at radius 3 is 1.28 bits per heavy atom. The van der Waals surface area contributed by atoms with Crippen molar-refractivity contribution in [2.45, 2.75) is 58.0 Å². The van der Waals surface area contributed by atoms with Crippen LogP contribution in [0.5, 0.6) is 0 Å². The van der Waals surface area contributed by atoms with Crippen LogP contribution in [0.2, 0.25) is 0 Å². The molecule has 1 radical (unpaired) electrons. The quantitative estimate of drug-likeness (QED) is 0.180. The Kier molecular flexibility index (Phi) is 50.2. The van der Waals surface area contributed by atoms with Crippen LogP contribution in [0.25, 0.3) is 0 Å². The van der Waals surface area contributed by atoms with Gasteiger partial charge in [-0.3, -0.25) is 19.5 Å². The van der Waals surface area contributed by atoms with Gasteiger partial charge in [0.05, 0.1) is 42.1 Å². The molecule has 10 nitrogen and oxygen atoms in total. The number of hydrogen-bond donors (Lipinski definition) is 2. The maximum atomic E-state index is 10.6. The van der Waals surface area contributed by atoms with E-state index in [1.165, 1.54) is 54.3 Å². The minimum absolute atomic E-state index is 0. The summed E-state index contributed by atoms with van der Waals surface area (Å²) in [4.78, 5) is 23.6. The number of likely N-dealkylation sites (tertiary alicyclic amines) is 2. The van der Waals surface area contributed by atoms with Crippen LogP contribution < -0.4 is 10.6 Å². The van der Waals surface area contributed by atoms with E-state index in [9.17, 15) is 4.79 Å². The van der Waals surface area contributed by atoms with Gasteiger partial charge in [0, 0.05) is 95.8 Å². The summed E-state index contributed by atoms with van der Waals surface area (Å²) in [6, 6.07) is 1.66. The summed E-state index contributed by atoms with van der Waals surface area (Å²) < 4.78 is 17.6. The molecule has 6 saturated heterocycles. The number of nitrogens with one attached hydrogen (secondary N) is 2. The molecular weight excluding hydrogens is 1360 g/mol. The summed E-state index contributed by atoms with van der Waals surface area (Å²) in [5.41, 5.74) is 0. The molecule has 0 aromatic rings. The maximum absolute atomic E-state index is 10.6. The molecule has 0 saturated carbocycles. The summed E-state index contributed by atoms with van der Waals surface area (Å²) in [6.07, 6.45) is 6.85. The van der Waals surface area contributed by atoms with Crippen molar-refractivity contribution in [2.24, 2.45) is 0 Å². The minimum Gasteiger partial charge on any atom is -0.379 e. The van der Waals surface area contributed by atoms with Crippen molar-refractivity contribution in [3.63, 3.8) is 0 Å². The molecule has 17 heteroatoms. The molecule has 2 N–H and O–H groups in total. The average Bonchev–Trinajstić information content (AvgIpc) is 3.14. The van der Waals surface area contributed by atoms with E-state index in [1.54, 1.807) is 0 Å². The molecule has 0 atom stereocenters. The van der Waals surface area contributed by atoms with E-state index in [-0.39, 0.29) is 26.0 Å². The van der Waals surface area contributed by atoms with Gasteiger partial charge in [-0.1, -0.05) is 120 Å². The van der Waals surface area contributed by atoms with Crippen molar-refractivity contribution < 1.29 is 37.6 Å². The Bertz CT molecular complexity index is 665. The van der Waals surface area contributed by atoms with Crippen LogP contribution in [0.15, 0.2) is 0 Å². The third-order valence-corrected chi connectivity index (χ3v) is 8.51. The standard InChI is InChI=1S/C10H20N2O.C9H18N2O.C6H11NO.C4H9NO.CHI3.CH2I2.CH2I.CH4.V/c1-11-4-2-10(3-5-11)12-6-8-13-9-7-12;1-3-10-4-2-9(1)11-5-7-12-8-6-11;1-7-4-2-6(8)3-5-7;1-3-6-4-2-5-1;2-1(3)4;2-1-3;1-2;;/h10H,2-9H2,1H3;9-10H,1-8H2;2-5H2,1H3;5H,1-4H2;1H;1H2;1H2;1H4;/q;;;;;;-1;;. The largest absolute Gasteiger partial charge is 0.379 e. The third-order valence-electron chi connectivity index (χ3n) is 8.51. The second-order valence-electron chi connectivity index (χ2n) is 11.9. The zero-order valence-electron chi connectivity index (χ0n) is 29.8. The van der Waals surface area contributed by atoms with Gasteiger partial charge in [0.15, 0.2) is 0 Å². The number of ketones is 1. The molecule has 6 aliphatic rings. The summed E-state index contributed by atoms with van der Waals surface area (Å²) >= 11 is 13.4. The Labute approximate surface area is 401 Å². The van der Waals surface area contributed by atoms with E-state index in [1.807, 2.05) is 29.6 Å². The molecule has 6 fully saturated rings. The fourth-order valence-electron chi connectivity index (χ4n) is 5.80. The summed E-state index contributed by atoms with van der Waals surface area (Å²) in [6.45, 7) is 19.0. The van der Waals surface area contributed by atoms with Crippen LogP contribution in [-0.4, -0.2) is 172 Å². The predicted molar refractivity (Wildman–Crippen MR) is 261 cm³/mol.